The minimum Gasteiger partial charge on any atom is -0.482 e. The summed E-state index contributed by atoms with van der Waals surface area (Å²) >= 11 is 0. The highest BCUT2D eigenvalue weighted by atomic mass is 16.6. The first-order chi connectivity index (χ1) is 16.2. The maximum absolute atomic E-state index is 12.2. The summed E-state index contributed by atoms with van der Waals surface area (Å²) in [5, 5.41) is 2.75. The lowest BCUT2D eigenvalue weighted by Crippen LogP contribution is -2.26. The van der Waals surface area contributed by atoms with Crippen molar-refractivity contribution < 1.29 is 23.8 Å². The quantitative estimate of drug-likeness (QED) is 0.507. The van der Waals surface area contributed by atoms with Crippen LogP contribution in [0.3, 0.4) is 0 Å². The van der Waals surface area contributed by atoms with Crippen molar-refractivity contribution in [3.05, 3.63) is 95.6 Å². The van der Waals surface area contributed by atoms with Crippen LogP contribution in [0.2, 0.25) is 0 Å². The molecule has 0 saturated carbocycles. The molecule has 33 heavy (non-hydrogen) atoms. The summed E-state index contributed by atoms with van der Waals surface area (Å²) in [6, 6.07) is 23.7. The fourth-order valence-corrected chi connectivity index (χ4v) is 3.86. The van der Waals surface area contributed by atoms with Crippen LogP contribution >= 0.6 is 0 Å². The van der Waals surface area contributed by atoms with E-state index >= 15 is 0 Å². The van der Waals surface area contributed by atoms with Crippen molar-refractivity contribution in [3.8, 4) is 16.9 Å². The minimum atomic E-state index is -0.451. The van der Waals surface area contributed by atoms with Gasteiger partial charge in [-0.2, -0.15) is 0 Å². The van der Waals surface area contributed by atoms with Gasteiger partial charge in [-0.15, -0.1) is 0 Å². The fraction of sp³-hybridized carbons (Fsp3) is 0.185. The maximum atomic E-state index is 12.2. The van der Waals surface area contributed by atoms with E-state index in [0.717, 1.165) is 5.56 Å². The molecule has 0 fully saturated rings. The van der Waals surface area contributed by atoms with E-state index in [4.69, 9.17) is 9.47 Å². The first-order valence-electron chi connectivity index (χ1n) is 10.7. The van der Waals surface area contributed by atoms with Crippen LogP contribution < -0.4 is 10.1 Å². The number of hydrogen-bond donors (Lipinski definition) is 1. The number of carbonyl (C=O) groups excluding carboxylic acids is 2. The topological polar surface area (TPSA) is 73.9 Å². The highest BCUT2D eigenvalue weighted by Crippen LogP contribution is 2.44. The minimum absolute atomic E-state index is 0.0404. The van der Waals surface area contributed by atoms with Gasteiger partial charge in [0.1, 0.15) is 12.4 Å². The Balaban J connectivity index is 1.24. The highest BCUT2D eigenvalue weighted by Gasteiger charge is 2.28. The van der Waals surface area contributed by atoms with Gasteiger partial charge >= 0.3 is 12.1 Å². The van der Waals surface area contributed by atoms with E-state index in [2.05, 4.69) is 34.3 Å². The van der Waals surface area contributed by atoms with Gasteiger partial charge in [-0.25, -0.2) is 9.59 Å². The van der Waals surface area contributed by atoms with Gasteiger partial charge in [-0.3, -0.25) is 0 Å². The second-order valence-corrected chi connectivity index (χ2v) is 7.54. The van der Waals surface area contributed by atoms with Crippen LogP contribution in [0.5, 0.6) is 5.75 Å². The number of carbonyl (C=O) groups is 2. The van der Waals surface area contributed by atoms with Gasteiger partial charge in [0.05, 0.1) is 7.11 Å². The predicted molar refractivity (Wildman–Crippen MR) is 126 cm³/mol. The molecule has 3 aromatic carbocycles. The zero-order chi connectivity index (χ0) is 23.0. The van der Waals surface area contributed by atoms with Gasteiger partial charge in [0.25, 0.3) is 0 Å². The number of esters is 1. The van der Waals surface area contributed by atoms with Crippen LogP contribution in [0.25, 0.3) is 17.2 Å². The number of methoxy groups -OCH3 is 1. The van der Waals surface area contributed by atoms with Crippen LogP contribution in [0, 0.1) is 0 Å². The Morgan fingerprint density at radius 2 is 1.55 bits per heavy atom. The third-order valence-electron chi connectivity index (χ3n) is 5.48. The molecule has 0 atom stereocenters. The third kappa shape index (κ3) is 5.41. The van der Waals surface area contributed by atoms with Crippen LogP contribution in [0.4, 0.5) is 4.79 Å². The van der Waals surface area contributed by atoms with Crippen molar-refractivity contribution in [3.63, 3.8) is 0 Å². The number of nitrogens with one attached hydrogen (secondary N) is 1. The summed E-state index contributed by atoms with van der Waals surface area (Å²) in [6.07, 6.45) is 3.27. The van der Waals surface area contributed by atoms with E-state index in [1.165, 1.54) is 29.4 Å². The van der Waals surface area contributed by atoms with Crippen molar-refractivity contribution in [2.24, 2.45) is 0 Å². The van der Waals surface area contributed by atoms with E-state index in [9.17, 15) is 9.59 Å². The number of alkyl carbamates (subject to hydrolysis) is 1. The molecule has 6 heteroatoms. The summed E-state index contributed by atoms with van der Waals surface area (Å²) in [5.74, 6) is 0.186. The maximum Gasteiger partial charge on any atom is 0.407 e. The van der Waals surface area contributed by atoms with Crippen molar-refractivity contribution in [2.75, 3.05) is 26.9 Å². The van der Waals surface area contributed by atoms with E-state index in [1.807, 2.05) is 48.6 Å². The molecule has 0 bridgehead atoms. The summed E-state index contributed by atoms with van der Waals surface area (Å²) in [4.78, 5) is 23.3. The van der Waals surface area contributed by atoms with Crippen LogP contribution in [-0.2, 0) is 14.3 Å². The second-order valence-electron chi connectivity index (χ2n) is 7.54. The van der Waals surface area contributed by atoms with Gasteiger partial charge < -0.3 is 19.5 Å². The Bertz CT molecular complexity index is 1110. The molecule has 1 aliphatic rings. The zero-order valence-electron chi connectivity index (χ0n) is 18.3. The molecule has 0 heterocycles. The van der Waals surface area contributed by atoms with Gasteiger partial charge in [0.15, 0.2) is 6.61 Å². The highest BCUT2D eigenvalue weighted by molar-refractivity contribution is 5.79. The molecule has 0 unspecified atom stereocenters. The number of amides is 1. The SMILES string of the molecule is COC(=O)COc1ccc(C=CCNC(=O)OCC2c3ccccc3-c3ccccc32)cc1. The smallest absolute Gasteiger partial charge is 0.407 e. The summed E-state index contributed by atoms with van der Waals surface area (Å²) < 4.78 is 15.4. The molecule has 1 amide bonds. The van der Waals surface area contributed by atoms with Crippen molar-refractivity contribution in [2.45, 2.75) is 5.92 Å². The number of fused-ring (bicyclic) bond motifs is 3. The fourth-order valence-electron chi connectivity index (χ4n) is 3.86. The molecule has 4 rings (SSSR count). The first-order valence-corrected chi connectivity index (χ1v) is 10.7. The van der Waals surface area contributed by atoms with Gasteiger partial charge in [-0.05, 0) is 39.9 Å². The Labute approximate surface area is 192 Å². The van der Waals surface area contributed by atoms with Gasteiger partial charge in [0, 0.05) is 12.5 Å². The zero-order valence-corrected chi connectivity index (χ0v) is 18.3. The Hall–Kier alpha value is -4.06. The van der Waals surface area contributed by atoms with Crippen molar-refractivity contribution in [1.29, 1.82) is 0 Å². The Morgan fingerprint density at radius 3 is 2.18 bits per heavy atom. The Morgan fingerprint density at radius 1 is 0.909 bits per heavy atom. The standard InChI is InChI=1S/C27H25NO5/c1-31-26(29)18-32-20-14-12-19(13-15-20)7-6-16-28-27(30)33-17-25-23-10-4-2-8-21(23)22-9-3-5-11-24(22)25/h2-15,25H,16-18H2,1H3,(H,28,30). The molecule has 6 nitrogen and oxygen atoms in total. The van der Waals surface area contributed by atoms with Gasteiger partial charge in [-0.1, -0.05) is 72.8 Å². The lowest BCUT2D eigenvalue weighted by molar-refractivity contribution is -0.142. The van der Waals surface area contributed by atoms with Crippen molar-refractivity contribution >= 4 is 18.1 Å². The molecule has 0 aromatic heterocycles. The molecular formula is C27H25NO5. The molecule has 1 aliphatic carbocycles. The van der Waals surface area contributed by atoms with E-state index in [1.54, 1.807) is 12.1 Å². The number of rotatable bonds is 8. The second kappa shape index (κ2) is 10.5. The molecule has 0 saturated heterocycles. The lowest BCUT2D eigenvalue weighted by atomic mass is 9.98. The van der Waals surface area contributed by atoms with Crippen molar-refractivity contribution in [1.82, 2.24) is 5.32 Å². The Kier molecular flexibility index (Phi) is 7.05. The molecular weight excluding hydrogens is 418 g/mol. The molecule has 0 spiro atoms. The first kappa shape index (κ1) is 22.1. The predicted octanol–water partition coefficient (Wildman–Crippen LogP) is 4.79. The van der Waals surface area contributed by atoms with E-state index in [0.29, 0.717) is 12.3 Å². The average molecular weight is 443 g/mol. The normalized spacial score (nSPS) is 12.2. The van der Waals surface area contributed by atoms with Crippen LogP contribution in [0.1, 0.15) is 22.6 Å². The third-order valence-corrected chi connectivity index (χ3v) is 5.48. The summed E-state index contributed by atoms with van der Waals surface area (Å²) in [7, 11) is 1.32. The molecule has 0 radical (unpaired) electrons. The molecule has 0 aliphatic heterocycles. The molecule has 3 aromatic rings. The van der Waals surface area contributed by atoms with Crippen LogP contribution in [0.15, 0.2) is 78.9 Å². The average Bonchev–Trinajstić information content (AvgIpc) is 3.18. The summed E-state index contributed by atoms with van der Waals surface area (Å²) in [5.41, 5.74) is 5.71. The number of benzene rings is 3. The monoisotopic (exact) mass is 443 g/mol. The molecule has 168 valence electrons. The largest absolute Gasteiger partial charge is 0.482 e. The van der Waals surface area contributed by atoms with E-state index < -0.39 is 12.1 Å². The van der Waals surface area contributed by atoms with E-state index in [-0.39, 0.29) is 19.1 Å². The summed E-state index contributed by atoms with van der Waals surface area (Å²) in [6.45, 7) is 0.504. The number of ether oxygens (including phenoxy) is 3. The molecule has 1 N–H and O–H groups in total. The number of hydrogen-bond acceptors (Lipinski definition) is 5. The van der Waals surface area contributed by atoms with Crippen LogP contribution in [-0.4, -0.2) is 38.9 Å². The lowest BCUT2D eigenvalue weighted by Gasteiger charge is -2.14. The van der Waals surface area contributed by atoms with Gasteiger partial charge in [0.2, 0.25) is 0 Å².